The third-order valence-electron chi connectivity index (χ3n) is 3.44. The van der Waals surface area contributed by atoms with Gasteiger partial charge in [-0.1, -0.05) is 0 Å². The number of aromatic nitrogens is 4. The maximum Gasteiger partial charge on any atom is 0.469 e. The quantitative estimate of drug-likeness (QED) is 0.306. The van der Waals surface area contributed by atoms with Gasteiger partial charge in [-0.3, -0.25) is 9.09 Å². The Labute approximate surface area is 132 Å². The molecule has 132 valence electrons. The molecule has 3 heterocycles. The van der Waals surface area contributed by atoms with Gasteiger partial charge in [0.1, 0.15) is 18.3 Å². The summed E-state index contributed by atoms with van der Waals surface area (Å²) in [6.07, 6.45) is -5.46. The first-order valence-corrected chi connectivity index (χ1v) is 8.07. The summed E-state index contributed by atoms with van der Waals surface area (Å²) in [4.78, 5) is 28.1. The van der Waals surface area contributed by atoms with E-state index < -0.39 is 45.0 Å². The molecular formula is C10H13FN5O7P. The van der Waals surface area contributed by atoms with E-state index in [9.17, 15) is 19.2 Å². The second-order valence-electron chi connectivity index (χ2n) is 5.03. The van der Waals surface area contributed by atoms with E-state index in [-0.39, 0.29) is 17.0 Å². The maximum absolute atomic E-state index is 13.3. The number of aliphatic hydroxyl groups is 2. The molecule has 24 heavy (non-hydrogen) atoms. The molecule has 0 aliphatic carbocycles. The predicted molar refractivity (Wildman–Crippen MR) is 73.6 cm³/mol. The van der Waals surface area contributed by atoms with Gasteiger partial charge in [-0.15, -0.1) is 0 Å². The van der Waals surface area contributed by atoms with Crippen LogP contribution >= 0.6 is 7.82 Å². The number of nitrogens with two attached hydrogens (primary N) is 1. The molecule has 0 saturated carbocycles. The van der Waals surface area contributed by atoms with Gasteiger partial charge >= 0.3 is 13.9 Å². The summed E-state index contributed by atoms with van der Waals surface area (Å²) in [5.41, 5.74) is 5.52. The van der Waals surface area contributed by atoms with Crippen molar-refractivity contribution in [3.05, 3.63) is 12.4 Å². The number of fused-ring (bicyclic) bond motifs is 1. The SMILES string of the molecule is Nc1nc(F)nc2c1ncn2C1O[C@H](COP(=O)(O)O)[C@@H](O)[C@@H]1O. The first-order valence-electron chi connectivity index (χ1n) is 6.54. The summed E-state index contributed by atoms with van der Waals surface area (Å²) in [5, 5.41) is 20.0. The summed E-state index contributed by atoms with van der Waals surface area (Å²) in [5.74, 6) is -0.217. The number of halogens is 1. The molecule has 14 heteroatoms. The minimum atomic E-state index is -4.78. The second kappa shape index (κ2) is 5.97. The van der Waals surface area contributed by atoms with E-state index in [2.05, 4.69) is 19.5 Å². The van der Waals surface area contributed by atoms with Crippen molar-refractivity contribution in [2.75, 3.05) is 12.3 Å². The van der Waals surface area contributed by atoms with Crippen LogP contribution in [0, 0.1) is 6.08 Å². The number of anilines is 1. The average molecular weight is 365 g/mol. The Morgan fingerprint density at radius 1 is 1.38 bits per heavy atom. The van der Waals surface area contributed by atoms with Crippen LogP contribution in [-0.4, -0.2) is 64.4 Å². The van der Waals surface area contributed by atoms with Gasteiger partial charge in [-0.25, -0.2) is 9.55 Å². The van der Waals surface area contributed by atoms with E-state index in [1.165, 1.54) is 0 Å². The third-order valence-corrected chi connectivity index (χ3v) is 3.92. The number of aliphatic hydroxyl groups excluding tert-OH is 2. The van der Waals surface area contributed by atoms with Crippen molar-refractivity contribution in [3.63, 3.8) is 0 Å². The van der Waals surface area contributed by atoms with E-state index in [1.54, 1.807) is 0 Å². The van der Waals surface area contributed by atoms with Crippen LogP contribution in [-0.2, 0) is 13.8 Å². The molecule has 0 spiro atoms. The molecule has 1 fully saturated rings. The zero-order valence-electron chi connectivity index (χ0n) is 11.8. The standard InChI is InChI=1S/C10H13FN5O7P/c11-10-14-7(12)4-8(15-10)16(2-13-4)9-6(18)5(17)3(23-9)1-22-24(19,20)21/h2-3,5-6,9,17-18H,1H2,(H2,12,14,15)(H2,19,20,21)/t3-,5-,6+,9?/m1/s1. The van der Waals surface area contributed by atoms with Crippen molar-refractivity contribution in [3.8, 4) is 0 Å². The largest absolute Gasteiger partial charge is 0.469 e. The Hall–Kier alpha value is -1.73. The Bertz CT molecular complexity index is 812. The van der Waals surface area contributed by atoms with E-state index in [1.807, 2.05) is 0 Å². The van der Waals surface area contributed by atoms with Crippen LogP contribution in [0.25, 0.3) is 11.2 Å². The van der Waals surface area contributed by atoms with Crippen LogP contribution in [0.2, 0.25) is 0 Å². The Kier molecular flexibility index (Phi) is 4.25. The average Bonchev–Trinajstić information content (AvgIpc) is 3.00. The molecule has 1 saturated heterocycles. The van der Waals surface area contributed by atoms with Crippen LogP contribution in [0.1, 0.15) is 6.23 Å². The fraction of sp³-hybridized carbons (Fsp3) is 0.500. The van der Waals surface area contributed by atoms with Gasteiger partial charge < -0.3 is 30.5 Å². The number of imidazole rings is 1. The van der Waals surface area contributed by atoms with Gasteiger partial charge in [0.15, 0.2) is 23.2 Å². The molecule has 1 unspecified atom stereocenters. The highest BCUT2D eigenvalue weighted by Crippen LogP contribution is 2.38. The summed E-state index contributed by atoms with van der Waals surface area (Å²) >= 11 is 0. The van der Waals surface area contributed by atoms with Crippen LogP contribution in [0.3, 0.4) is 0 Å². The number of rotatable bonds is 4. The molecule has 1 aliphatic heterocycles. The zero-order valence-corrected chi connectivity index (χ0v) is 12.7. The van der Waals surface area contributed by atoms with E-state index in [0.717, 1.165) is 10.9 Å². The first kappa shape index (κ1) is 17.1. The topological polar surface area (TPSA) is 186 Å². The minimum Gasteiger partial charge on any atom is -0.387 e. The molecule has 1 aliphatic rings. The molecule has 3 rings (SSSR count). The highest BCUT2D eigenvalue weighted by atomic mass is 31.2. The summed E-state index contributed by atoms with van der Waals surface area (Å²) < 4.78 is 34.8. The summed E-state index contributed by atoms with van der Waals surface area (Å²) in [7, 11) is -4.78. The number of phosphoric ester groups is 1. The molecule has 2 aromatic rings. The Morgan fingerprint density at radius 3 is 2.75 bits per heavy atom. The van der Waals surface area contributed by atoms with Crippen LogP contribution in [0.15, 0.2) is 6.33 Å². The first-order chi connectivity index (χ1) is 11.2. The fourth-order valence-corrected chi connectivity index (χ4v) is 2.71. The molecule has 0 bridgehead atoms. The molecule has 6 N–H and O–H groups in total. The van der Waals surface area contributed by atoms with Crippen molar-refractivity contribution in [1.82, 2.24) is 19.5 Å². The van der Waals surface area contributed by atoms with Crippen molar-refractivity contribution in [2.45, 2.75) is 24.5 Å². The van der Waals surface area contributed by atoms with Crippen molar-refractivity contribution in [1.29, 1.82) is 0 Å². The van der Waals surface area contributed by atoms with Crippen LogP contribution in [0.5, 0.6) is 0 Å². The van der Waals surface area contributed by atoms with Gasteiger partial charge in [-0.05, 0) is 0 Å². The lowest BCUT2D eigenvalue weighted by Crippen LogP contribution is -2.33. The van der Waals surface area contributed by atoms with E-state index in [0.29, 0.717) is 0 Å². The normalized spacial score (nSPS) is 27.9. The molecule has 4 atom stereocenters. The van der Waals surface area contributed by atoms with Gasteiger partial charge in [-0.2, -0.15) is 14.4 Å². The van der Waals surface area contributed by atoms with Crippen molar-refractivity contribution in [2.24, 2.45) is 0 Å². The summed E-state index contributed by atoms with van der Waals surface area (Å²) in [6, 6.07) is 0. The number of nitrogens with zero attached hydrogens (tertiary/aromatic N) is 4. The second-order valence-corrected chi connectivity index (χ2v) is 6.27. The molecule has 2 aromatic heterocycles. The maximum atomic E-state index is 13.3. The lowest BCUT2D eigenvalue weighted by atomic mass is 10.1. The van der Waals surface area contributed by atoms with Crippen LogP contribution < -0.4 is 5.73 Å². The lowest BCUT2D eigenvalue weighted by molar-refractivity contribution is -0.0504. The van der Waals surface area contributed by atoms with Crippen molar-refractivity contribution < 1.29 is 38.2 Å². The molecule has 0 aromatic carbocycles. The number of phosphoric acid groups is 1. The monoisotopic (exact) mass is 365 g/mol. The smallest absolute Gasteiger partial charge is 0.387 e. The fourth-order valence-electron chi connectivity index (χ4n) is 2.36. The number of hydrogen-bond donors (Lipinski definition) is 5. The highest BCUT2D eigenvalue weighted by molar-refractivity contribution is 7.46. The zero-order chi connectivity index (χ0) is 17.6. The van der Waals surface area contributed by atoms with Crippen molar-refractivity contribution >= 4 is 24.8 Å². The number of ether oxygens (including phenoxy) is 1. The van der Waals surface area contributed by atoms with Gasteiger partial charge in [0.05, 0.1) is 12.9 Å². The van der Waals surface area contributed by atoms with Gasteiger partial charge in [0.2, 0.25) is 0 Å². The molecule has 12 nitrogen and oxygen atoms in total. The van der Waals surface area contributed by atoms with Gasteiger partial charge in [0, 0.05) is 0 Å². The highest BCUT2D eigenvalue weighted by Gasteiger charge is 2.45. The third kappa shape index (κ3) is 3.10. The Balaban J connectivity index is 1.89. The van der Waals surface area contributed by atoms with Gasteiger partial charge in [0.25, 0.3) is 0 Å². The molecular weight excluding hydrogens is 352 g/mol. The van der Waals surface area contributed by atoms with Crippen LogP contribution in [0.4, 0.5) is 10.2 Å². The number of nitrogen functional groups attached to an aromatic ring is 1. The molecule has 0 radical (unpaired) electrons. The van der Waals surface area contributed by atoms with E-state index in [4.69, 9.17) is 20.3 Å². The Morgan fingerprint density at radius 2 is 2.08 bits per heavy atom. The number of hydrogen-bond acceptors (Lipinski definition) is 9. The minimum absolute atomic E-state index is 0.0663. The molecule has 0 amide bonds. The van der Waals surface area contributed by atoms with E-state index >= 15 is 0 Å². The lowest BCUT2D eigenvalue weighted by Gasteiger charge is -2.16. The predicted octanol–water partition coefficient (Wildman–Crippen LogP) is -1.72. The summed E-state index contributed by atoms with van der Waals surface area (Å²) in [6.45, 7) is -0.670.